The summed E-state index contributed by atoms with van der Waals surface area (Å²) in [5.74, 6) is 3.92. The van der Waals surface area contributed by atoms with Gasteiger partial charge in [-0.05, 0) is 62.2 Å². The molecule has 2 fully saturated rings. The van der Waals surface area contributed by atoms with Crippen LogP contribution in [0.4, 0.5) is 0 Å². The SMILES string of the molecule is CC1CCC(C2CCC(c3cc[c-]cc3)CC2)CC1.[Rb+]. The largest absolute Gasteiger partial charge is 1.00 e. The average molecular weight is 341 g/mol. The smallest absolute Gasteiger partial charge is 0.184 e. The van der Waals surface area contributed by atoms with E-state index in [0.717, 1.165) is 23.7 Å². The molecule has 0 radical (unpaired) electrons. The minimum atomic E-state index is 0. The summed E-state index contributed by atoms with van der Waals surface area (Å²) in [4.78, 5) is 0. The first-order valence-corrected chi connectivity index (χ1v) is 8.29. The van der Waals surface area contributed by atoms with Gasteiger partial charge in [0, 0.05) is 0 Å². The molecular formula is C19H27Rb. The first kappa shape index (κ1) is 17.4. The van der Waals surface area contributed by atoms with Crippen LogP contribution in [-0.4, -0.2) is 0 Å². The Kier molecular flexibility index (Phi) is 7.48. The van der Waals surface area contributed by atoms with E-state index < -0.39 is 0 Å². The molecule has 3 rings (SSSR count). The molecule has 0 aliphatic heterocycles. The molecule has 1 heteroatoms. The fourth-order valence-electron chi connectivity index (χ4n) is 4.35. The molecule has 2 aliphatic rings. The van der Waals surface area contributed by atoms with Crippen molar-refractivity contribution in [2.45, 2.75) is 64.2 Å². The van der Waals surface area contributed by atoms with Crippen LogP contribution in [0.25, 0.3) is 0 Å². The maximum absolute atomic E-state index is 3.14. The second-order valence-electron chi connectivity index (χ2n) is 6.96. The Labute approximate surface area is 173 Å². The molecular weight excluding hydrogens is 314 g/mol. The molecule has 104 valence electrons. The van der Waals surface area contributed by atoms with Gasteiger partial charge in [0.1, 0.15) is 0 Å². The van der Waals surface area contributed by atoms with Crippen molar-refractivity contribution in [2.75, 3.05) is 0 Å². The number of benzene rings is 1. The van der Waals surface area contributed by atoms with E-state index in [0.29, 0.717) is 0 Å². The first-order chi connectivity index (χ1) is 9.33. The number of hydrogen-bond acceptors (Lipinski definition) is 0. The Morgan fingerprint density at radius 2 is 1.30 bits per heavy atom. The van der Waals surface area contributed by atoms with Crippen LogP contribution < -0.4 is 58.2 Å². The van der Waals surface area contributed by atoms with E-state index in [1.165, 1.54) is 51.4 Å². The topological polar surface area (TPSA) is 0 Å². The predicted molar refractivity (Wildman–Crippen MR) is 81.1 cm³/mol. The van der Waals surface area contributed by atoms with Crippen LogP contribution in [0.2, 0.25) is 0 Å². The third-order valence-corrected chi connectivity index (χ3v) is 5.71. The zero-order valence-corrected chi connectivity index (χ0v) is 18.2. The van der Waals surface area contributed by atoms with E-state index in [9.17, 15) is 0 Å². The minimum Gasteiger partial charge on any atom is -0.184 e. The van der Waals surface area contributed by atoms with Gasteiger partial charge in [-0.2, -0.15) is 35.9 Å². The fraction of sp³-hybridized carbons (Fsp3) is 0.684. The van der Waals surface area contributed by atoms with E-state index >= 15 is 0 Å². The number of rotatable bonds is 2. The fourth-order valence-corrected chi connectivity index (χ4v) is 4.35. The Morgan fingerprint density at radius 1 is 0.800 bits per heavy atom. The molecule has 0 unspecified atom stereocenters. The molecule has 0 amide bonds. The van der Waals surface area contributed by atoms with Gasteiger partial charge in [-0.15, -0.1) is 0 Å². The van der Waals surface area contributed by atoms with Crippen molar-refractivity contribution >= 4 is 0 Å². The van der Waals surface area contributed by atoms with Crippen LogP contribution in [0, 0.1) is 23.8 Å². The summed E-state index contributed by atoms with van der Waals surface area (Å²) in [5, 5.41) is 0. The summed E-state index contributed by atoms with van der Waals surface area (Å²) in [6, 6.07) is 11.8. The van der Waals surface area contributed by atoms with E-state index in [-0.39, 0.29) is 58.2 Å². The van der Waals surface area contributed by atoms with Crippen LogP contribution in [0.15, 0.2) is 24.3 Å². The Balaban J connectivity index is 0.00000147. The summed E-state index contributed by atoms with van der Waals surface area (Å²) in [6.45, 7) is 2.43. The van der Waals surface area contributed by atoms with Gasteiger partial charge in [-0.1, -0.05) is 19.8 Å². The maximum Gasteiger partial charge on any atom is 1.00 e. The number of hydrogen-bond donors (Lipinski definition) is 0. The van der Waals surface area contributed by atoms with Gasteiger partial charge < -0.3 is 0 Å². The summed E-state index contributed by atoms with van der Waals surface area (Å²) in [7, 11) is 0. The zero-order chi connectivity index (χ0) is 13.1. The molecule has 0 N–H and O–H groups in total. The van der Waals surface area contributed by atoms with Crippen LogP contribution in [0.3, 0.4) is 0 Å². The molecule has 0 spiro atoms. The molecule has 1 aromatic rings. The van der Waals surface area contributed by atoms with Crippen molar-refractivity contribution in [1.29, 1.82) is 0 Å². The van der Waals surface area contributed by atoms with Crippen LogP contribution in [0.1, 0.15) is 69.8 Å². The van der Waals surface area contributed by atoms with E-state index in [4.69, 9.17) is 0 Å². The summed E-state index contributed by atoms with van der Waals surface area (Å²) in [6.07, 6.45) is 11.8. The molecule has 0 nitrogen and oxygen atoms in total. The van der Waals surface area contributed by atoms with E-state index in [1.807, 2.05) is 0 Å². The van der Waals surface area contributed by atoms with Crippen molar-refractivity contribution in [1.82, 2.24) is 0 Å². The normalized spacial score (nSPS) is 34.2. The molecule has 0 bridgehead atoms. The quantitative estimate of drug-likeness (QED) is 0.726. The van der Waals surface area contributed by atoms with Gasteiger partial charge in [-0.3, -0.25) is 0 Å². The second kappa shape index (κ2) is 8.60. The molecule has 0 saturated heterocycles. The Morgan fingerprint density at radius 3 is 1.85 bits per heavy atom. The molecule has 2 aliphatic carbocycles. The van der Waals surface area contributed by atoms with Gasteiger partial charge in [-0.25, -0.2) is 0 Å². The van der Waals surface area contributed by atoms with E-state index in [1.54, 1.807) is 5.56 Å². The van der Waals surface area contributed by atoms with Crippen molar-refractivity contribution < 1.29 is 58.2 Å². The third-order valence-electron chi connectivity index (χ3n) is 5.71. The Hall–Kier alpha value is 1.03. The summed E-state index contributed by atoms with van der Waals surface area (Å²) < 4.78 is 0. The van der Waals surface area contributed by atoms with Crippen molar-refractivity contribution in [3.8, 4) is 0 Å². The Bertz CT molecular complexity index is 370. The molecule has 20 heavy (non-hydrogen) atoms. The average Bonchev–Trinajstić information content (AvgIpc) is 2.49. The van der Waals surface area contributed by atoms with Gasteiger partial charge in [0.15, 0.2) is 0 Å². The first-order valence-electron chi connectivity index (χ1n) is 8.29. The van der Waals surface area contributed by atoms with Crippen LogP contribution in [0.5, 0.6) is 0 Å². The predicted octanol–water partition coefficient (Wildman–Crippen LogP) is 2.59. The minimum absolute atomic E-state index is 0. The van der Waals surface area contributed by atoms with Gasteiger partial charge in [0.05, 0.1) is 0 Å². The van der Waals surface area contributed by atoms with Crippen molar-refractivity contribution in [2.24, 2.45) is 17.8 Å². The molecule has 0 heterocycles. The third kappa shape index (κ3) is 4.51. The molecule has 1 aromatic carbocycles. The molecule has 0 atom stereocenters. The van der Waals surface area contributed by atoms with Crippen LogP contribution in [-0.2, 0) is 0 Å². The summed E-state index contributed by atoms with van der Waals surface area (Å²) >= 11 is 0. The van der Waals surface area contributed by atoms with Crippen molar-refractivity contribution in [3.05, 3.63) is 35.9 Å². The van der Waals surface area contributed by atoms with Gasteiger partial charge in [0.25, 0.3) is 0 Å². The molecule has 2 saturated carbocycles. The standard InChI is InChI=1S/C19H27.Rb/c1-15-7-9-17(10-8-15)19-13-11-18(12-14-19)16-5-3-2-4-6-16;/h3-6,15,17-19H,7-14H2,1H3;/q-1;+1. The van der Waals surface area contributed by atoms with Gasteiger partial charge in [0.2, 0.25) is 0 Å². The molecule has 0 aromatic heterocycles. The van der Waals surface area contributed by atoms with Crippen molar-refractivity contribution in [3.63, 3.8) is 0 Å². The summed E-state index contributed by atoms with van der Waals surface area (Å²) in [5.41, 5.74) is 1.55. The monoisotopic (exact) mass is 340 g/mol. The maximum atomic E-state index is 3.14. The second-order valence-corrected chi connectivity index (χ2v) is 6.96. The van der Waals surface area contributed by atoms with Gasteiger partial charge >= 0.3 is 58.2 Å². The zero-order valence-electron chi connectivity index (χ0n) is 13.3. The van der Waals surface area contributed by atoms with Crippen LogP contribution >= 0.6 is 0 Å². The van der Waals surface area contributed by atoms with E-state index in [2.05, 4.69) is 37.3 Å².